The van der Waals surface area contributed by atoms with Crippen molar-refractivity contribution < 1.29 is 9.90 Å². The summed E-state index contributed by atoms with van der Waals surface area (Å²) < 4.78 is 0. The molecule has 1 aromatic heterocycles. The molecule has 1 heterocycles. The van der Waals surface area contributed by atoms with E-state index in [-0.39, 0.29) is 0 Å². The number of aromatic carboxylic acids is 1. The zero-order valence-corrected chi connectivity index (χ0v) is 22.3. The molecule has 1 unspecified atom stereocenters. The number of aryl methyl sites for hydroxylation is 1. The minimum Gasteiger partial charge on any atom is -0.478 e. The van der Waals surface area contributed by atoms with Gasteiger partial charge < -0.3 is 5.11 Å². The van der Waals surface area contributed by atoms with E-state index in [1.165, 1.54) is 56.9 Å². The van der Waals surface area contributed by atoms with E-state index in [1.54, 1.807) is 12.1 Å². The van der Waals surface area contributed by atoms with E-state index in [0.717, 1.165) is 36.0 Å². The van der Waals surface area contributed by atoms with Crippen LogP contribution in [0.15, 0.2) is 54.9 Å². The molecule has 0 aliphatic rings. The number of hydrogen-bond acceptors (Lipinski definition) is 3. The Labute approximate surface area is 217 Å². The summed E-state index contributed by atoms with van der Waals surface area (Å²) in [6.45, 7) is 6.71. The number of benzene rings is 2. The van der Waals surface area contributed by atoms with Gasteiger partial charge in [-0.1, -0.05) is 102 Å². The van der Waals surface area contributed by atoms with Crippen LogP contribution < -0.4 is 0 Å². The Balaban J connectivity index is 1.66. The molecule has 0 saturated carbocycles. The van der Waals surface area contributed by atoms with Crippen LogP contribution in [-0.4, -0.2) is 21.0 Å². The number of hydrogen-bond donors (Lipinski definition) is 1. The highest BCUT2D eigenvalue weighted by Gasteiger charge is 2.15. The molecule has 3 aromatic rings. The lowest BCUT2D eigenvalue weighted by atomic mass is 9.94. The van der Waals surface area contributed by atoms with Gasteiger partial charge in [0.15, 0.2) is 5.82 Å². The monoisotopic (exact) mass is 486 g/mol. The van der Waals surface area contributed by atoms with Gasteiger partial charge in [-0.15, -0.1) is 0 Å². The molecule has 0 aliphatic heterocycles. The number of nitrogens with zero attached hydrogens (tertiary/aromatic N) is 2. The van der Waals surface area contributed by atoms with Gasteiger partial charge in [0.1, 0.15) is 0 Å². The molecule has 36 heavy (non-hydrogen) atoms. The van der Waals surface area contributed by atoms with Gasteiger partial charge in [-0.05, 0) is 59.6 Å². The number of aromatic nitrogens is 2. The Hall–Kier alpha value is -3.01. The van der Waals surface area contributed by atoms with Gasteiger partial charge in [0.25, 0.3) is 0 Å². The maximum absolute atomic E-state index is 11.9. The average molecular weight is 487 g/mol. The molecule has 4 heteroatoms. The lowest BCUT2D eigenvalue weighted by Gasteiger charge is -2.12. The van der Waals surface area contributed by atoms with Crippen LogP contribution in [0.25, 0.3) is 22.5 Å². The molecule has 1 atom stereocenters. The first-order valence-electron chi connectivity index (χ1n) is 13.8. The normalized spacial score (nSPS) is 12.0. The highest BCUT2D eigenvalue weighted by atomic mass is 16.4. The topological polar surface area (TPSA) is 63.1 Å². The third-order valence-corrected chi connectivity index (χ3v) is 7.08. The first kappa shape index (κ1) is 27.6. The molecule has 0 radical (unpaired) electrons. The minimum absolute atomic E-state index is 0.291. The van der Waals surface area contributed by atoms with Crippen molar-refractivity contribution in [1.82, 2.24) is 9.97 Å². The first-order valence-corrected chi connectivity index (χ1v) is 13.8. The Morgan fingerprint density at radius 3 is 2.03 bits per heavy atom. The van der Waals surface area contributed by atoms with E-state index < -0.39 is 5.97 Å². The van der Waals surface area contributed by atoms with Crippen molar-refractivity contribution in [3.05, 3.63) is 71.5 Å². The molecular formula is C32H42N2O2. The third-order valence-electron chi connectivity index (χ3n) is 7.08. The van der Waals surface area contributed by atoms with Crippen molar-refractivity contribution in [2.24, 2.45) is 5.92 Å². The van der Waals surface area contributed by atoms with Crippen LogP contribution in [0.2, 0.25) is 0 Å². The minimum atomic E-state index is -0.929. The summed E-state index contributed by atoms with van der Waals surface area (Å²) in [4.78, 5) is 21.1. The maximum atomic E-state index is 11.9. The Kier molecular flexibility index (Phi) is 11.1. The van der Waals surface area contributed by atoms with Crippen molar-refractivity contribution >= 4 is 5.97 Å². The second-order valence-electron chi connectivity index (χ2n) is 10.1. The lowest BCUT2D eigenvalue weighted by molar-refractivity contribution is 0.0697. The summed E-state index contributed by atoms with van der Waals surface area (Å²) in [5.41, 5.74) is 5.15. The van der Waals surface area contributed by atoms with Gasteiger partial charge in [-0.3, -0.25) is 0 Å². The lowest BCUT2D eigenvalue weighted by Crippen LogP contribution is -2.01. The van der Waals surface area contributed by atoms with Crippen molar-refractivity contribution in [2.75, 3.05) is 0 Å². The van der Waals surface area contributed by atoms with Crippen LogP contribution in [0.1, 0.15) is 100 Å². The Morgan fingerprint density at radius 1 is 0.806 bits per heavy atom. The van der Waals surface area contributed by atoms with E-state index in [1.807, 2.05) is 30.6 Å². The number of unbranched alkanes of at least 4 members (excludes halogenated alkanes) is 7. The van der Waals surface area contributed by atoms with Crippen molar-refractivity contribution in [3.8, 4) is 22.5 Å². The summed E-state index contributed by atoms with van der Waals surface area (Å²) in [6.07, 6.45) is 17.4. The average Bonchev–Trinajstić information content (AvgIpc) is 2.90. The SMILES string of the molecule is CCCCCCCCCCc1cnc(-c2ccc(C(=O)O)c(-c3ccc(CC(C)CC)cc3)c2)nc1. The van der Waals surface area contributed by atoms with Gasteiger partial charge in [0, 0.05) is 18.0 Å². The highest BCUT2D eigenvalue weighted by molar-refractivity contribution is 5.97. The van der Waals surface area contributed by atoms with E-state index in [2.05, 4.69) is 42.9 Å². The zero-order chi connectivity index (χ0) is 25.8. The number of carboxylic acid groups (broad SMARTS) is 1. The van der Waals surface area contributed by atoms with Gasteiger partial charge in [0.2, 0.25) is 0 Å². The molecule has 0 bridgehead atoms. The molecule has 2 aromatic carbocycles. The summed E-state index contributed by atoms with van der Waals surface area (Å²) in [5, 5.41) is 9.77. The van der Waals surface area contributed by atoms with Gasteiger partial charge in [-0.2, -0.15) is 0 Å². The van der Waals surface area contributed by atoms with Crippen LogP contribution in [-0.2, 0) is 12.8 Å². The van der Waals surface area contributed by atoms with Gasteiger partial charge >= 0.3 is 5.97 Å². The fourth-order valence-electron chi connectivity index (χ4n) is 4.57. The molecule has 0 fully saturated rings. The number of rotatable bonds is 15. The fraction of sp³-hybridized carbons (Fsp3) is 0.469. The summed E-state index contributed by atoms with van der Waals surface area (Å²) in [7, 11) is 0. The third kappa shape index (κ3) is 8.29. The standard InChI is InChI=1S/C32H42N2O2/c1-4-6-7-8-9-10-11-12-13-26-22-33-31(34-23-26)28-18-19-29(32(35)36)30(21-28)27-16-14-25(15-17-27)20-24(3)5-2/h14-19,21-24H,4-13,20H2,1-3H3,(H,35,36). The van der Waals surface area contributed by atoms with Crippen molar-refractivity contribution in [3.63, 3.8) is 0 Å². The highest BCUT2D eigenvalue weighted by Crippen LogP contribution is 2.29. The smallest absolute Gasteiger partial charge is 0.336 e. The molecule has 3 rings (SSSR count). The summed E-state index contributed by atoms with van der Waals surface area (Å²) in [6, 6.07) is 13.6. The quantitative estimate of drug-likeness (QED) is 0.218. The molecule has 0 aliphatic carbocycles. The van der Waals surface area contributed by atoms with E-state index in [4.69, 9.17) is 0 Å². The van der Waals surface area contributed by atoms with Crippen LogP contribution in [0.5, 0.6) is 0 Å². The Morgan fingerprint density at radius 2 is 1.42 bits per heavy atom. The second kappa shape index (κ2) is 14.5. The first-order chi connectivity index (χ1) is 17.5. The fourth-order valence-corrected chi connectivity index (χ4v) is 4.57. The van der Waals surface area contributed by atoms with Crippen LogP contribution in [0.4, 0.5) is 0 Å². The largest absolute Gasteiger partial charge is 0.478 e. The molecule has 4 nitrogen and oxygen atoms in total. The van der Waals surface area contributed by atoms with E-state index in [0.29, 0.717) is 22.9 Å². The maximum Gasteiger partial charge on any atom is 0.336 e. The number of carboxylic acids is 1. The van der Waals surface area contributed by atoms with Crippen LogP contribution in [0.3, 0.4) is 0 Å². The predicted octanol–water partition coefficient (Wildman–Crippen LogP) is 8.78. The Bertz CT molecular complexity index is 1070. The number of carbonyl (C=O) groups is 1. The van der Waals surface area contributed by atoms with Gasteiger partial charge in [0.05, 0.1) is 5.56 Å². The summed E-state index contributed by atoms with van der Waals surface area (Å²) in [5.74, 6) is 0.326. The van der Waals surface area contributed by atoms with Crippen LogP contribution in [0, 0.1) is 5.92 Å². The van der Waals surface area contributed by atoms with E-state index >= 15 is 0 Å². The predicted molar refractivity (Wildman–Crippen MR) is 149 cm³/mol. The van der Waals surface area contributed by atoms with Crippen LogP contribution >= 0.6 is 0 Å². The molecule has 0 amide bonds. The molecular weight excluding hydrogens is 444 g/mol. The zero-order valence-electron chi connectivity index (χ0n) is 22.3. The molecule has 192 valence electrons. The summed E-state index contributed by atoms with van der Waals surface area (Å²) >= 11 is 0. The molecule has 1 N–H and O–H groups in total. The second-order valence-corrected chi connectivity index (χ2v) is 10.1. The van der Waals surface area contributed by atoms with Crippen molar-refractivity contribution in [1.29, 1.82) is 0 Å². The van der Waals surface area contributed by atoms with Gasteiger partial charge in [-0.25, -0.2) is 14.8 Å². The van der Waals surface area contributed by atoms with Crippen molar-refractivity contribution in [2.45, 2.75) is 91.4 Å². The molecule has 0 spiro atoms. The molecule has 0 saturated heterocycles. The van der Waals surface area contributed by atoms with E-state index in [9.17, 15) is 9.90 Å².